The van der Waals surface area contributed by atoms with Crippen molar-refractivity contribution in [1.82, 2.24) is 0 Å². The predicted molar refractivity (Wildman–Crippen MR) is 69.6 cm³/mol. The Kier molecular flexibility index (Phi) is 4.26. The third-order valence-electron chi connectivity index (χ3n) is 4.23. The molecule has 0 aliphatic heterocycles. The van der Waals surface area contributed by atoms with E-state index in [9.17, 15) is 22.7 Å². The molecule has 1 aromatic rings. The Labute approximate surface area is 124 Å². The van der Waals surface area contributed by atoms with Gasteiger partial charge in [-0.1, -0.05) is 18.0 Å². The normalized spacial score (nSPS) is 20.7. The summed E-state index contributed by atoms with van der Waals surface area (Å²) in [7, 11) is 0. The molecule has 0 aromatic heterocycles. The summed E-state index contributed by atoms with van der Waals surface area (Å²) in [4.78, 5) is 0. The summed E-state index contributed by atoms with van der Waals surface area (Å²) in [6, 6.07) is 3.52. The molecule has 0 amide bonds. The van der Waals surface area contributed by atoms with Crippen molar-refractivity contribution in [2.75, 3.05) is 6.61 Å². The summed E-state index contributed by atoms with van der Waals surface area (Å²) in [5, 5.41) is 18.9. The minimum atomic E-state index is -4.97. The molecule has 2 nitrogen and oxygen atoms in total. The van der Waals surface area contributed by atoms with Gasteiger partial charge in [-0.05, 0) is 43.0 Å². The van der Waals surface area contributed by atoms with Crippen molar-refractivity contribution >= 4 is 11.6 Å². The lowest BCUT2D eigenvalue weighted by Crippen LogP contribution is -2.54. The third kappa shape index (κ3) is 2.89. The van der Waals surface area contributed by atoms with E-state index in [1.165, 1.54) is 6.07 Å². The van der Waals surface area contributed by atoms with Crippen molar-refractivity contribution in [3.8, 4) is 0 Å². The molecular weight excluding hydrogens is 312 g/mol. The highest BCUT2D eigenvalue weighted by Crippen LogP contribution is 2.53. The molecule has 0 spiro atoms. The number of aliphatic hydroxyl groups is 2. The van der Waals surface area contributed by atoms with E-state index >= 15 is 0 Å². The second kappa shape index (κ2) is 5.41. The topological polar surface area (TPSA) is 40.5 Å². The number of rotatable bonds is 4. The van der Waals surface area contributed by atoms with E-state index in [1.54, 1.807) is 0 Å². The highest BCUT2D eigenvalue weighted by molar-refractivity contribution is 6.31. The monoisotopic (exact) mass is 326 g/mol. The minimum Gasteiger partial charge on any atom is -0.393 e. The molecule has 2 N–H and O–H groups in total. The fourth-order valence-electron chi connectivity index (χ4n) is 2.85. The van der Waals surface area contributed by atoms with E-state index in [0.717, 1.165) is 12.1 Å². The van der Waals surface area contributed by atoms with Crippen LogP contribution in [-0.4, -0.2) is 28.6 Å². The lowest BCUT2D eigenvalue weighted by Gasteiger charge is -2.47. The molecule has 1 aliphatic rings. The Balaban J connectivity index is 2.41. The van der Waals surface area contributed by atoms with Crippen LogP contribution in [0, 0.1) is 5.82 Å². The van der Waals surface area contributed by atoms with E-state index in [-0.39, 0.29) is 10.6 Å². The van der Waals surface area contributed by atoms with E-state index < -0.39 is 36.0 Å². The summed E-state index contributed by atoms with van der Waals surface area (Å²) in [6.07, 6.45) is -4.33. The maximum Gasteiger partial charge on any atom is 0.419 e. The van der Waals surface area contributed by atoms with Gasteiger partial charge < -0.3 is 10.2 Å². The first kappa shape index (κ1) is 16.5. The molecule has 0 radical (unpaired) electrons. The molecule has 1 aliphatic carbocycles. The van der Waals surface area contributed by atoms with Crippen LogP contribution < -0.4 is 0 Å². The minimum absolute atomic E-state index is 0.165. The first-order valence-corrected chi connectivity index (χ1v) is 6.87. The summed E-state index contributed by atoms with van der Waals surface area (Å²) < 4.78 is 52.3. The molecule has 1 fully saturated rings. The Morgan fingerprint density at radius 2 is 1.86 bits per heavy atom. The Bertz CT molecular complexity index is 528. The van der Waals surface area contributed by atoms with Crippen LogP contribution in [0.2, 0.25) is 5.02 Å². The number of alkyl halides is 3. The molecule has 2 rings (SSSR count). The van der Waals surface area contributed by atoms with E-state index in [4.69, 9.17) is 16.7 Å². The van der Waals surface area contributed by atoms with Crippen molar-refractivity contribution in [3.63, 3.8) is 0 Å². The standard InChI is InChI=1S/C14H15ClF4O2/c15-11-3-2-9(16)6-10(11)12(4-1-5-12)7-13(21,8-20)14(17,18)19/h2-3,6,20-21H,1,4-5,7-8H2. The number of hydrogen-bond donors (Lipinski definition) is 2. The molecule has 1 aromatic carbocycles. The first-order chi connectivity index (χ1) is 9.63. The van der Waals surface area contributed by atoms with Crippen LogP contribution in [0.4, 0.5) is 17.6 Å². The van der Waals surface area contributed by atoms with Crippen molar-refractivity contribution in [2.24, 2.45) is 0 Å². The summed E-state index contributed by atoms with van der Waals surface area (Å²) in [6.45, 7) is -1.44. The van der Waals surface area contributed by atoms with Crippen molar-refractivity contribution in [3.05, 3.63) is 34.6 Å². The average Bonchev–Trinajstić information content (AvgIpc) is 2.35. The largest absolute Gasteiger partial charge is 0.419 e. The second-order valence-electron chi connectivity index (χ2n) is 5.62. The number of hydrogen-bond acceptors (Lipinski definition) is 2. The average molecular weight is 327 g/mol. The van der Waals surface area contributed by atoms with Crippen LogP contribution in [0.25, 0.3) is 0 Å². The highest BCUT2D eigenvalue weighted by atomic mass is 35.5. The van der Waals surface area contributed by atoms with Gasteiger partial charge in [0.25, 0.3) is 0 Å². The number of benzene rings is 1. The summed E-state index contributed by atoms with van der Waals surface area (Å²) >= 11 is 5.99. The quantitative estimate of drug-likeness (QED) is 0.830. The maximum atomic E-state index is 13.4. The maximum absolute atomic E-state index is 13.4. The van der Waals surface area contributed by atoms with Crippen LogP contribution >= 0.6 is 11.6 Å². The van der Waals surface area contributed by atoms with Gasteiger partial charge in [-0.25, -0.2) is 4.39 Å². The molecule has 1 atom stereocenters. The van der Waals surface area contributed by atoms with Gasteiger partial charge in [0.05, 0.1) is 6.61 Å². The smallest absolute Gasteiger partial charge is 0.393 e. The van der Waals surface area contributed by atoms with Crippen LogP contribution in [0.15, 0.2) is 18.2 Å². The molecule has 0 saturated heterocycles. The lowest BCUT2D eigenvalue weighted by atomic mass is 9.59. The van der Waals surface area contributed by atoms with Crippen LogP contribution in [0.3, 0.4) is 0 Å². The van der Waals surface area contributed by atoms with Gasteiger partial charge in [0.2, 0.25) is 0 Å². The van der Waals surface area contributed by atoms with Crippen LogP contribution in [-0.2, 0) is 5.41 Å². The van der Waals surface area contributed by atoms with Crippen molar-refractivity contribution in [2.45, 2.75) is 42.9 Å². The molecule has 118 valence electrons. The van der Waals surface area contributed by atoms with Gasteiger partial charge >= 0.3 is 6.18 Å². The Morgan fingerprint density at radius 1 is 1.24 bits per heavy atom. The predicted octanol–water partition coefficient (Wildman–Crippen LogP) is 3.58. The lowest BCUT2D eigenvalue weighted by molar-refractivity contribution is -0.280. The van der Waals surface area contributed by atoms with E-state index in [0.29, 0.717) is 19.3 Å². The fourth-order valence-corrected chi connectivity index (χ4v) is 3.17. The number of aliphatic hydroxyl groups excluding tert-OH is 1. The van der Waals surface area contributed by atoms with Gasteiger partial charge in [0.15, 0.2) is 5.60 Å². The van der Waals surface area contributed by atoms with Gasteiger partial charge in [-0.15, -0.1) is 0 Å². The fraction of sp³-hybridized carbons (Fsp3) is 0.571. The highest BCUT2D eigenvalue weighted by Gasteiger charge is 2.58. The van der Waals surface area contributed by atoms with Gasteiger partial charge in [0, 0.05) is 10.4 Å². The Hall–Kier alpha value is -0.850. The molecule has 7 heteroatoms. The van der Waals surface area contributed by atoms with Crippen molar-refractivity contribution < 1.29 is 27.8 Å². The van der Waals surface area contributed by atoms with Crippen LogP contribution in [0.5, 0.6) is 0 Å². The number of halogens is 5. The molecule has 0 bridgehead atoms. The van der Waals surface area contributed by atoms with Crippen LogP contribution in [0.1, 0.15) is 31.2 Å². The molecule has 1 unspecified atom stereocenters. The third-order valence-corrected chi connectivity index (χ3v) is 4.56. The molecular formula is C14H15ClF4O2. The van der Waals surface area contributed by atoms with Crippen molar-refractivity contribution in [1.29, 1.82) is 0 Å². The SMILES string of the molecule is OCC(O)(CC1(c2cc(F)ccc2Cl)CCC1)C(F)(F)F. The molecule has 0 heterocycles. The zero-order chi connectivity index (χ0) is 15.9. The zero-order valence-electron chi connectivity index (χ0n) is 11.1. The zero-order valence-corrected chi connectivity index (χ0v) is 11.8. The Morgan fingerprint density at radius 3 is 2.29 bits per heavy atom. The second-order valence-corrected chi connectivity index (χ2v) is 6.03. The van der Waals surface area contributed by atoms with Gasteiger partial charge in [0.1, 0.15) is 5.82 Å². The molecule has 21 heavy (non-hydrogen) atoms. The van der Waals surface area contributed by atoms with Gasteiger partial charge in [-0.3, -0.25) is 0 Å². The first-order valence-electron chi connectivity index (χ1n) is 6.49. The molecule has 1 saturated carbocycles. The summed E-state index contributed by atoms with van der Waals surface area (Å²) in [5.74, 6) is -0.597. The van der Waals surface area contributed by atoms with Gasteiger partial charge in [-0.2, -0.15) is 13.2 Å². The summed E-state index contributed by atoms with van der Waals surface area (Å²) in [5.41, 5.74) is -4.03. The van der Waals surface area contributed by atoms with E-state index in [1.807, 2.05) is 0 Å². The van der Waals surface area contributed by atoms with E-state index in [2.05, 4.69) is 0 Å².